The van der Waals surface area contributed by atoms with E-state index in [-0.39, 0.29) is 12.3 Å². The number of amides is 1. The van der Waals surface area contributed by atoms with Crippen molar-refractivity contribution < 1.29 is 18.7 Å². The molecule has 1 atom stereocenters. The Balaban J connectivity index is 1.71. The lowest BCUT2D eigenvalue weighted by Crippen LogP contribution is -2.15. The van der Waals surface area contributed by atoms with E-state index in [1.807, 2.05) is 19.9 Å². The Kier molecular flexibility index (Phi) is 5.14. The molecule has 3 rings (SSSR count). The zero-order chi connectivity index (χ0) is 18.7. The SMILES string of the molecule is Cc1coc(-c2cc(NC(=O)CC(O)c3cccc(F)c3)ccc2C)n1. The molecule has 1 amide bonds. The van der Waals surface area contributed by atoms with Crippen molar-refractivity contribution in [2.45, 2.75) is 26.4 Å². The van der Waals surface area contributed by atoms with Crippen LogP contribution in [0.1, 0.15) is 29.3 Å². The van der Waals surface area contributed by atoms with Crippen LogP contribution >= 0.6 is 0 Å². The number of hydrogen-bond donors (Lipinski definition) is 2. The molecule has 2 N–H and O–H groups in total. The van der Waals surface area contributed by atoms with E-state index in [4.69, 9.17) is 4.42 Å². The van der Waals surface area contributed by atoms with Gasteiger partial charge in [0.25, 0.3) is 0 Å². The normalized spacial score (nSPS) is 12.0. The first-order valence-corrected chi connectivity index (χ1v) is 8.19. The monoisotopic (exact) mass is 354 g/mol. The molecule has 1 unspecified atom stereocenters. The molecular weight excluding hydrogens is 335 g/mol. The van der Waals surface area contributed by atoms with Gasteiger partial charge in [0.2, 0.25) is 11.8 Å². The molecule has 0 bridgehead atoms. The molecule has 0 fully saturated rings. The standard InChI is InChI=1S/C20H19FN2O3/c1-12-6-7-16(9-17(12)20-22-13(2)11-26-20)23-19(25)10-18(24)14-4-3-5-15(21)8-14/h3-9,11,18,24H,10H2,1-2H3,(H,23,25). The molecule has 1 aromatic heterocycles. The van der Waals surface area contributed by atoms with Gasteiger partial charge in [0, 0.05) is 11.3 Å². The van der Waals surface area contributed by atoms with E-state index in [0.717, 1.165) is 16.8 Å². The van der Waals surface area contributed by atoms with E-state index in [0.29, 0.717) is 17.1 Å². The second-order valence-electron chi connectivity index (χ2n) is 6.15. The average molecular weight is 354 g/mol. The third-order valence-electron chi connectivity index (χ3n) is 3.98. The van der Waals surface area contributed by atoms with Crippen molar-refractivity contribution in [3.63, 3.8) is 0 Å². The van der Waals surface area contributed by atoms with Crippen LogP contribution in [-0.2, 0) is 4.79 Å². The highest BCUT2D eigenvalue weighted by atomic mass is 19.1. The number of aromatic nitrogens is 1. The number of anilines is 1. The van der Waals surface area contributed by atoms with E-state index >= 15 is 0 Å². The average Bonchev–Trinajstić information content (AvgIpc) is 3.02. The maximum Gasteiger partial charge on any atom is 0.227 e. The first-order valence-electron chi connectivity index (χ1n) is 8.19. The summed E-state index contributed by atoms with van der Waals surface area (Å²) in [5, 5.41) is 12.9. The molecule has 0 spiro atoms. The number of nitrogens with one attached hydrogen (secondary N) is 1. The van der Waals surface area contributed by atoms with Gasteiger partial charge in [-0.3, -0.25) is 4.79 Å². The highest BCUT2D eigenvalue weighted by Gasteiger charge is 2.15. The van der Waals surface area contributed by atoms with Crippen LogP contribution in [0.25, 0.3) is 11.5 Å². The van der Waals surface area contributed by atoms with Crippen LogP contribution in [-0.4, -0.2) is 16.0 Å². The summed E-state index contributed by atoms with van der Waals surface area (Å²) >= 11 is 0. The van der Waals surface area contributed by atoms with Crippen LogP contribution in [0, 0.1) is 19.7 Å². The molecule has 6 heteroatoms. The van der Waals surface area contributed by atoms with Crippen LogP contribution in [0.5, 0.6) is 0 Å². The maximum atomic E-state index is 13.2. The second-order valence-corrected chi connectivity index (χ2v) is 6.15. The highest BCUT2D eigenvalue weighted by molar-refractivity contribution is 5.91. The van der Waals surface area contributed by atoms with Crippen LogP contribution in [0.3, 0.4) is 0 Å². The summed E-state index contributed by atoms with van der Waals surface area (Å²) in [6.45, 7) is 3.76. The number of benzene rings is 2. The zero-order valence-electron chi connectivity index (χ0n) is 14.5. The molecular formula is C20H19FN2O3. The van der Waals surface area contributed by atoms with E-state index in [1.165, 1.54) is 18.2 Å². The number of rotatable bonds is 5. The topological polar surface area (TPSA) is 75.4 Å². The lowest BCUT2D eigenvalue weighted by molar-refractivity contribution is -0.118. The summed E-state index contributed by atoms with van der Waals surface area (Å²) in [4.78, 5) is 16.5. The van der Waals surface area contributed by atoms with Crippen LogP contribution in [0.15, 0.2) is 53.1 Å². The summed E-state index contributed by atoms with van der Waals surface area (Å²) in [5.41, 5.74) is 3.44. The molecule has 134 valence electrons. The Morgan fingerprint density at radius 1 is 1.27 bits per heavy atom. The molecule has 0 aliphatic carbocycles. The number of nitrogens with zero attached hydrogens (tertiary/aromatic N) is 1. The third-order valence-corrected chi connectivity index (χ3v) is 3.98. The molecule has 2 aromatic carbocycles. The molecule has 0 aliphatic heterocycles. The summed E-state index contributed by atoms with van der Waals surface area (Å²) in [6.07, 6.45) is 0.310. The van der Waals surface area contributed by atoms with Gasteiger partial charge in [-0.25, -0.2) is 9.37 Å². The van der Waals surface area contributed by atoms with E-state index in [9.17, 15) is 14.3 Å². The van der Waals surface area contributed by atoms with E-state index < -0.39 is 11.9 Å². The largest absolute Gasteiger partial charge is 0.444 e. The number of aryl methyl sites for hydroxylation is 2. The van der Waals surface area contributed by atoms with Crippen molar-refractivity contribution in [3.8, 4) is 11.5 Å². The van der Waals surface area contributed by atoms with Crippen molar-refractivity contribution in [2.75, 3.05) is 5.32 Å². The second kappa shape index (κ2) is 7.49. The smallest absolute Gasteiger partial charge is 0.227 e. The summed E-state index contributed by atoms with van der Waals surface area (Å²) in [7, 11) is 0. The number of hydrogen-bond acceptors (Lipinski definition) is 4. The van der Waals surface area contributed by atoms with Crippen LogP contribution in [0.4, 0.5) is 10.1 Å². The van der Waals surface area contributed by atoms with Gasteiger partial charge in [0.05, 0.1) is 18.2 Å². The van der Waals surface area contributed by atoms with Gasteiger partial charge in [-0.2, -0.15) is 0 Å². The van der Waals surface area contributed by atoms with Crippen molar-refractivity contribution >= 4 is 11.6 Å². The van der Waals surface area contributed by atoms with Gasteiger partial charge < -0.3 is 14.8 Å². The Hall–Kier alpha value is -2.99. The number of halogens is 1. The first kappa shape index (κ1) is 17.8. The Morgan fingerprint density at radius 2 is 2.08 bits per heavy atom. The molecule has 0 radical (unpaired) electrons. The highest BCUT2D eigenvalue weighted by Crippen LogP contribution is 2.26. The fourth-order valence-electron chi connectivity index (χ4n) is 2.63. The Labute approximate surface area is 150 Å². The predicted octanol–water partition coefficient (Wildman–Crippen LogP) is 4.16. The molecule has 5 nitrogen and oxygen atoms in total. The molecule has 26 heavy (non-hydrogen) atoms. The Bertz CT molecular complexity index is 936. The quantitative estimate of drug-likeness (QED) is 0.721. The number of carbonyl (C=O) groups is 1. The number of aliphatic hydroxyl groups excluding tert-OH is 1. The van der Waals surface area contributed by atoms with Gasteiger partial charge in [0.15, 0.2) is 0 Å². The molecule has 3 aromatic rings. The van der Waals surface area contributed by atoms with Crippen molar-refractivity contribution in [1.82, 2.24) is 4.98 Å². The number of aliphatic hydroxyl groups is 1. The minimum Gasteiger partial charge on any atom is -0.444 e. The molecule has 0 aliphatic rings. The van der Waals surface area contributed by atoms with Crippen molar-refractivity contribution in [1.29, 1.82) is 0 Å². The third kappa shape index (κ3) is 4.15. The van der Waals surface area contributed by atoms with Gasteiger partial charge in [0.1, 0.15) is 12.1 Å². The fourth-order valence-corrected chi connectivity index (χ4v) is 2.63. The van der Waals surface area contributed by atoms with Gasteiger partial charge in [-0.15, -0.1) is 0 Å². The fraction of sp³-hybridized carbons (Fsp3) is 0.200. The van der Waals surface area contributed by atoms with Gasteiger partial charge in [-0.1, -0.05) is 18.2 Å². The first-order chi connectivity index (χ1) is 12.4. The zero-order valence-corrected chi connectivity index (χ0v) is 14.5. The summed E-state index contributed by atoms with van der Waals surface area (Å²) in [6, 6.07) is 11.0. The van der Waals surface area contributed by atoms with Crippen LogP contribution < -0.4 is 5.32 Å². The van der Waals surface area contributed by atoms with E-state index in [2.05, 4.69) is 10.3 Å². The van der Waals surface area contributed by atoms with Crippen LogP contribution in [0.2, 0.25) is 0 Å². The lowest BCUT2D eigenvalue weighted by Gasteiger charge is -2.12. The molecule has 0 saturated carbocycles. The maximum absolute atomic E-state index is 13.2. The molecule has 0 saturated heterocycles. The summed E-state index contributed by atoms with van der Waals surface area (Å²) < 4.78 is 18.7. The van der Waals surface area contributed by atoms with Crippen molar-refractivity contribution in [2.24, 2.45) is 0 Å². The number of oxazole rings is 1. The number of carbonyl (C=O) groups excluding carboxylic acids is 1. The lowest BCUT2D eigenvalue weighted by atomic mass is 10.1. The minimum absolute atomic E-state index is 0.176. The minimum atomic E-state index is -1.08. The summed E-state index contributed by atoms with van der Waals surface area (Å²) in [5.74, 6) is -0.345. The van der Waals surface area contributed by atoms with Gasteiger partial charge >= 0.3 is 0 Å². The molecule has 1 heterocycles. The Morgan fingerprint density at radius 3 is 2.77 bits per heavy atom. The van der Waals surface area contributed by atoms with E-state index in [1.54, 1.807) is 24.5 Å². The predicted molar refractivity (Wildman–Crippen MR) is 96.0 cm³/mol. The van der Waals surface area contributed by atoms with Crippen molar-refractivity contribution in [3.05, 3.63) is 71.4 Å². The van der Waals surface area contributed by atoms with Gasteiger partial charge in [-0.05, 0) is 49.2 Å².